The maximum atomic E-state index is 11.8. The molecule has 0 aromatic heterocycles. The number of aryl methyl sites for hydroxylation is 1. The molecule has 1 aromatic carbocycles. The molecule has 106 valence electrons. The number of aliphatic hydroxyl groups excluding tert-OH is 1. The Balaban J connectivity index is 2.49. The van der Waals surface area contributed by atoms with Crippen LogP contribution in [0.3, 0.4) is 0 Å². The molecule has 0 aliphatic rings. The Kier molecular flexibility index (Phi) is 6.31. The molecule has 0 aliphatic heterocycles. The zero-order valence-corrected chi connectivity index (χ0v) is 13.0. The van der Waals surface area contributed by atoms with Crippen molar-refractivity contribution in [3.8, 4) is 5.75 Å². The fraction of sp³-hybridized carbons (Fsp3) is 0.500. The van der Waals surface area contributed by atoms with E-state index >= 15 is 0 Å². The lowest BCUT2D eigenvalue weighted by atomic mass is 10.2. The predicted molar refractivity (Wildman–Crippen MR) is 78.3 cm³/mol. The van der Waals surface area contributed by atoms with Gasteiger partial charge >= 0.3 is 0 Å². The van der Waals surface area contributed by atoms with Gasteiger partial charge in [-0.15, -0.1) is 0 Å². The molecule has 1 rings (SSSR count). The number of hydrogen-bond acceptors (Lipinski definition) is 3. The molecule has 0 spiro atoms. The molecule has 0 radical (unpaired) electrons. The number of nitrogens with one attached hydrogen (secondary N) is 1. The Hall–Kier alpha value is -1.07. The van der Waals surface area contributed by atoms with Gasteiger partial charge in [0.25, 0.3) is 5.91 Å². The highest BCUT2D eigenvalue weighted by Crippen LogP contribution is 2.26. The van der Waals surface area contributed by atoms with Crippen LogP contribution in [-0.4, -0.2) is 29.8 Å². The van der Waals surface area contributed by atoms with E-state index in [2.05, 4.69) is 21.2 Å². The number of benzene rings is 1. The molecule has 0 saturated heterocycles. The Bertz CT molecular complexity index is 435. The van der Waals surface area contributed by atoms with Crippen molar-refractivity contribution in [1.82, 2.24) is 5.32 Å². The van der Waals surface area contributed by atoms with E-state index in [-0.39, 0.29) is 5.91 Å². The van der Waals surface area contributed by atoms with Crippen molar-refractivity contribution < 1.29 is 14.6 Å². The van der Waals surface area contributed by atoms with E-state index in [0.29, 0.717) is 18.7 Å². The van der Waals surface area contributed by atoms with E-state index in [1.54, 1.807) is 13.8 Å². The molecule has 0 aliphatic carbocycles. The van der Waals surface area contributed by atoms with Gasteiger partial charge in [0.05, 0.1) is 10.6 Å². The zero-order chi connectivity index (χ0) is 14.4. The van der Waals surface area contributed by atoms with E-state index < -0.39 is 12.2 Å². The first-order valence-corrected chi connectivity index (χ1v) is 7.08. The van der Waals surface area contributed by atoms with Gasteiger partial charge in [0.15, 0.2) is 6.10 Å². The third-order valence-electron chi connectivity index (χ3n) is 2.62. The Morgan fingerprint density at radius 3 is 2.74 bits per heavy atom. The lowest BCUT2D eigenvalue weighted by Crippen LogP contribution is -2.37. The molecule has 19 heavy (non-hydrogen) atoms. The van der Waals surface area contributed by atoms with Crippen LogP contribution in [0, 0.1) is 6.92 Å². The monoisotopic (exact) mass is 329 g/mol. The van der Waals surface area contributed by atoms with Gasteiger partial charge in [-0.05, 0) is 60.8 Å². The molecular formula is C14H20BrNO3. The molecule has 2 N–H and O–H groups in total. The Morgan fingerprint density at radius 2 is 2.16 bits per heavy atom. The van der Waals surface area contributed by atoms with Gasteiger partial charge in [0.2, 0.25) is 0 Å². The molecule has 2 unspecified atom stereocenters. The maximum absolute atomic E-state index is 11.8. The fourth-order valence-electron chi connectivity index (χ4n) is 1.49. The first-order valence-electron chi connectivity index (χ1n) is 6.28. The van der Waals surface area contributed by atoms with Crippen molar-refractivity contribution in [2.24, 2.45) is 0 Å². The predicted octanol–water partition coefficient (Wildman–Crippen LogP) is 2.41. The third-order valence-corrected chi connectivity index (χ3v) is 3.24. The van der Waals surface area contributed by atoms with Crippen LogP contribution < -0.4 is 10.1 Å². The SMILES string of the molecule is Cc1ccc(OC(C)C(=O)NCCC(C)O)c(Br)c1. The van der Waals surface area contributed by atoms with Gasteiger partial charge in [-0.1, -0.05) is 6.07 Å². The first-order chi connectivity index (χ1) is 8.90. The fourth-order valence-corrected chi connectivity index (χ4v) is 2.08. The van der Waals surface area contributed by atoms with Crippen LogP contribution in [0.5, 0.6) is 5.75 Å². The first kappa shape index (κ1) is 16.0. The van der Waals surface area contributed by atoms with Crippen molar-refractivity contribution >= 4 is 21.8 Å². The Labute approximate surface area is 122 Å². The summed E-state index contributed by atoms with van der Waals surface area (Å²) in [6, 6.07) is 5.70. The summed E-state index contributed by atoms with van der Waals surface area (Å²) in [6.45, 7) is 5.82. The van der Waals surface area contributed by atoms with Crippen LogP contribution in [0.4, 0.5) is 0 Å². The second-order valence-corrected chi connectivity index (χ2v) is 5.48. The van der Waals surface area contributed by atoms with Crippen molar-refractivity contribution in [1.29, 1.82) is 0 Å². The highest BCUT2D eigenvalue weighted by molar-refractivity contribution is 9.10. The summed E-state index contributed by atoms with van der Waals surface area (Å²) >= 11 is 3.41. The number of rotatable bonds is 6. The van der Waals surface area contributed by atoms with Gasteiger partial charge in [0.1, 0.15) is 5.75 Å². The van der Waals surface area contributed by atoms with Crippen molar-refractivity contribution in [3.05, 3.63) is 28.2 Å². The lowest BCUT2D eigenvalue weighted by Gasteiger charge is -2.16. The summed E-state index contributed by atoms with van der Waals surface area (Å²) in [5, 5.41) is 11.8. The molecule has 0 bridgehead atoms. The molecular weight excluding hydrogens is 310 g/mol. The van der Waals surface area contributed by atoms with Crippen molar-refractivity contribution in [2.45, 2.75) is 39.4 Å². The molecule has 1 aromatic rings. The summed E-state index contributed by atoms with van der Waals surface area (Å²) in [6.07, 6.45) is -0.456. The quantitative estimate of drug-likeness (QED) is 0.842. The second kappa shape index (κ2) is 7.50. The largest absolute Gasteiger partial charge is 0.480 e. The average molecular weight is 330 g/mol. The normalized spacial score (nSPS) is 13.7. The molecule has 0 fully saturated rings. The summed E-state index contributed by atoms with van der Waals surface area (Å²) in [5.74, 6) is 0.455. The maximum Gasteiger partial charge on any atom is 0.260 e. The summed E-state index contributed by atoms with van der Waals surface area (Å²) in [5.41, 5.74) is 1.12. The number of halogens is 1. The minimum atomic E-state index is -0.576. The smallest absolute Gasteiger partial charge is 0.260 e. The average Bonchev–Trinajstić information content (AvgIpc) is 2.32. The van der Waals surface area contributed by atoms with Gasteiger partial charge in [-0.3, -0.25) is 4.79 Å². The van der Waals surface area contributed by atoms with E-state index in [1.165, 1.54) is 0 Å². The van der Waals surface area contributed by atoms with Crippen LogP contribution in [0.1, 0.15) is 25.8 Å². The van der Waals surface area contributed by atoms with Crippen LogP contribution in [0.15, 0.2) is 22.7 Å². The second-order valence-electron chi connectivity index (χ2n) is 4.62. The third kappa shape index (κ3) is 5.61. The number of carbonyl (C=O) groups is 1. The van der Waals surface area contributed by atoms with Gasteiger partial charge < -0.3 is 15.2 Å². The molecule has 1 amide bonds. The van der Waals surface area contributed by atoms with Crippen molar-refractivity contribution in [2.75, 3.05) is 6.54 Å². The highest BCUT2D eigenvalue weighted by Gasteiger charge is 2.15. The van der Waals surface area contributed by atoms with E-state index in [1.807, 2.05) is 25.1 Å². The zero-order valence-electron chi connectivity index (χ0n) is 11.4. The highest BCUT2D eigenvalue weighted by atomic mass is 79.9. The molecule has 5 heteroatoms. The van der Waals surface area contributed by atoms with Crippen LogP contribution >= 0.6 is 15.9 Å². The van der Waals surface area contributed by atoms with Crippen molar-refractivity contribution in [3.63, 3.8) is 0 Å². The molecule has 4 nitrogen and oxygen atoms in total. The van der Waals surface area contributed by atoms with Gasteiger partial charge in [-0.25, -0.2) is 0 Å². The lowest BCUT2D eigenvalue weighted by molar-refractivity contribution is -0.127. The number of aliphatic hydroxyl groups is 1. The molecule has 2 atom stereocenters. The van der Waals surface area contributed by atoms with E-state index in [0.717, 1.165) is 10.0 Å². The Morgan fingerprint density at radius 1 is 1.47 bits per heavy atom. The van der Waals surface area contributed by atoms with Crippen LogP contribution in [-0.2, 0) is 4.79 Å². The van der Waals surface area contributed by atoms with Crippen LogP contribution in [0.25, 0.3) is 0 Å². The summed E-state index contributed by atoms with van der Waals surface area (Å²) in [4.78, 5) is 11.8. The number of carbonyl (C=O) groups excluding carboxylic acids is 1. The van der Waals surface area contributed by atoms with E-state index in [9.17, 15) is 4.79 Å². The van der Waals surface area contributed by atoms with E-state index in [4.69, 9.17) is 9.84 Å². The number of hydrogen-bond donors (Lipinski definition) is 2. The van der Waals surface area contributed by atoms with Gasteiger partial charge in [-0.2, -0.15) is 0 Å². The number of amides is 1. The summed E-state index contributed by atoms with van der Waals surface area (Å²) in [7, 11) is 0. The standard InChI is InChI=1S/C14H20BrNO3/c1-9-4-5-13(12(15)8-9)19-11(3)14(18)16-7-6-10(2)17/h4-5,8,10-11,17H,6-7H2,1-3H3,(H,16,18). The van der Waals surface area contributed by atoms with Crippen LogP contribution in [0.2, 0.25) is 0 Å². The topological polar surface area (TPSA) is 58.6 Å². The summed E-state index contributed by atoms with van der Waals surface area (Å²) < 4.78 is 6.43. The molecule has 0 heterocycles. The molecule has 0 saturated carbocycles. The number of ether oxygens (including phenoxy) is 1. The minimum absolute atomic E-state index is 0.187. The van der Waals surface area contributed by atoms with Gasteiger partial charge in [0, 0.05) is 6.54 Å². The minimum Gasteiger partial charge on any atom is -0.480 e.